The summed E-state index contributed by atoms with van der Waals surface area (Å²) < 4.78 is 6.51. The Morgan fingerprint density at radius 3 is 1.37 bits per heavy atom. The largest absolute Gasteiger partial charge is 0.456 e. The van der Waals surface area contributed by atoms with E-state index in [1.54, 1.807) is 0 Å². The van der Waals surface area contributed by atoms with Crippen molar-refractivity contribution < 1.29 is 4.42 Å². The first kappa shape index (κ1) is 36.8. The van der Waals surface area contributed by atoms with Gasteiger partial charge in [-0.3, -0.25) is 0 Å². The van der Waals surface area contributed by atoms with Crippen LogP contribution < -0.4 is 4.90 Å². The Morgan fingerprint density at radius 2 is 0.694 bits per heavy atom. The quantitative estimate of drug-likeness (QED) is 0.145. The topological polar surface area (TPSA) is 16.4 Å². The Kier molecular flexibility index (Phi) is 9.57. The van der Waals surface area contributed by atoms with Gasteiger partial charge in [-0.05, 0) is 104 Å². The molecule has 0 saturated heterocycles. The molecule has 1 aromatic heterocycles. The first-order chi connectivity index (χ1) is 30.7. The number of para-hydroxylation sites is 2. The van der Waals surface area contributed by atoms with Crippen LogP contribution in [0, 0.1) is 0 Å². The molecule has 11 aromatic rings. The van der Waals surface area contributed by atoms with E-state index in [0.717, 1.165) is 55.7 Å². The lowest BCUT2D eigenvalue weighted by Crippen LogP contribution is -2.11. The van der Waals surface area contributed by atoms with Gasteiger partial charge >= 0.3 is 0 Å². The van der Waals surface area contributed by atoms with E-state index in [-0.39, 0.29) is 0 Å². The summed E-state index contributed by atoms with van der Waals surface area (Å²) in [6.07, 6.45) is 0. The summed E-state index contributed by atoms with van der Waals surface area (Å²) in [5.41, 5.74) is 18.9. The van der Waals surface area contributed by atoms with Gasteiger partial charge in [0.05, 0.1) is 5.69 Å². The smallest absolute Gasteiger partial charge is 0.137 e. The molecule has 0 fully saturated rings. The van der Waals surface area contributed by atoms with Gasteiger partial charge in [0.25, 0.3) is 0 Å². The number of hydrogen-bond donors (Lipinski definition) is 0. The summed E-state index contributed by atoms with van der Waals surface area (Å²) in [6, 6.07) is 89.1. The summed E-state index contributed by atoms with van der Waals surface area (Å²) in [5.74, 6) is 0. The zero-order chi connectivity index (χ0) is 41.2. The summed E-state index contributed by atoms with van der Waals surface area (Å²) in [5, 5.41) is 2.21. The molecule has 0 bridgehead atoms. The van der Waals surface area contributed by atoms with Gasteiger partial charge in [-0.25, -0.2) is 0 Å². The predicted octanol–water partition coefficient (Wildman–Crippen LogP) is 17.1. The van der Waals surface area contributed by atoms with Crippen molar-refractivity contribution in [2.45, 2.75) is 0 Å². The van der Waals surface area contributed by atoms with E-state index < -0.39 is 0 Å². The van der Waals surface area contributed by atoms with Crippen LogP contribution in [0.5, 0.6) is 0 Å². The molecule has 0 atom stereocenters. The average Bonchev–Trinajstić information content (AvgIpc) is 3.73. The molecule has 0 aliphatic heterocycles. The molecule has 0 aliphatic rings. The third-order valence-corrected chi connectivity index (χ3v) is 11.9. The van der Waals surface area contributed by atoms with Gasteiger partial charge in [0, 0.05) is 33.8 Å². The highest BCUT2D eigenvalue weighted by Gasteiger charge is 2.22. The van der Waals surface area contributed by atoms with Gasteiger partial charge in [-0.1, -0.05) is 200 Å². The fraction of sp³-hybridized carbons (Fsp3) is 0. The minimum absolute atomic E-state index is 0.853. The fourth-order valence-corrected chi connectivity index (χ4v) is 8.87. The van der Waals surface area contributed by atoms with Gasteiger partial charge < -0.3 is 9.32 Å². The Hall–Kier alpha value is -8.20. The number of nitrogens with zero attached hydrogens (tertiary/aromatic N) is 1. The third-order valence-electron chi connectivity index (χ3n) is 11.9. The van der Waals surface area contributed by atoms with Crippen LogP contribution in [0.3, 0.4) is 0 Å². The normalized spacial score (nSPS) is 11.2. The fourth-order valence-electron chi connectivity index (χ4n) is 8.87. The van der Waals surface area contributed by atoms with E-state index in [1.165, 1.54) is 50.1 Å². The Bertz CT molecular complexity index is 3310. The first-order valence-corrected chi connectivity index (χ1v) is 21.2. The van der Waals surface area contributed by atoms with Crippen LogP contribution in [0.4, 0.5) is 17.1 Å². The molecule has 62 heavy (non-hydrogen) atoms. The lowest BCUT2D eigenvalue weighted by Gasteiger charge is -2.29. The number of benzene rings is 10. The van der Waals surface area contributed by atoms with Crippen LogP contribution in [0.2, 0.25) is 0 Å². The highest BCUT2D eigenvalue weighted by Crippen LogP contribution is 2.47. The lowest BCUT2D eigenvalue weighted by molar-refractivity contribution is 0.669. The third kappa shape index (κ3) is 6.94. The summed E-state index contributed by atoms with van der Waals surface area (Å²) in [6.45, 7) is 0. The molecule has 0 N–H and O–H groups in total. The molecular formula is C60H41NO. The number of hydrogen-bond acceptors (Lipinski definition) is 2. The molecule has 2 heteroatoms. The second-order valence-electron chi connectivity index (χ2n) is 15.7. The van der Waals surface area contributed by atoms with E-state index in [9.17, 15) is 0 Å². The zero-order valence-electron chi connectivity index (χ0n) is 34.0. The Balaban J connectivity index is 1.09. The van der Waals surface area contributed by atoms with Crippen LogP contribution in [0.25, 0.3) is 88.7 Å². The molecule has 0 aliphatic carbocycles. The molecule has 0 radical (unpaired) electrons. The maximum atomic E-state index is 6.51. The van der Waals surface area contributed by atoms with E-state index in [4.69, 9.17) is 4.42 Å². The zero-order valence-corrected chi connectivity index (χ0v) is 34.0. The summed E-state index contributed by atoms with van der Waals surface area (Å²) >= 11 is 0. The molecular weight excluding hydrogens is 751 g/mol. The molecule has 2 nitrogen and oxygen atoms in total. The molecule has 0 spiro atoms. The van der Waals surface area contributed by atoms with E-state index in [1.807, 2.05) is 12.1 Å². The first-order valence-electron chi connectivity index (χ1n) is 21.2. The minimum Gasteiger partial charge on any atom is -0.456 e. The van der Waals surface area contributed by atoms with Crippen LogP contribution in [-0.2, 0) is 0 Å². The number of furan rings is 1. The molecule has 0 saturated carbocycles. The molecule has 11 rings (SSSR count). The molecule has 1 heterocycles. The maximum absolute atomic E-state index is 6.51. The van der Waals surface area contributed by atoms with Crippen LogP contribution in [-0.4, -0.2) is 0 Å². The SMILES string of the molecule is c1ccc(-c2ccc(-c3ccc(N(c4ccc5c(c4)oc4ccccc45)c4ccccc4-c4ccc(-c5ccccc5)cc4-c4ccccc4-c4ccccc4)cc3)cc2)cc1. The summed E-state index contributed by atoms with van der Waals surface area (Å²) in [4.78, 5) is 2.38. The second-order valence-corrected chi connectivity index (χ2v) is 15.7. The van der Waals surface area contributed by atoms with Crippen molar-refractivity contribution >= 4 is 39.0 Å². The number of anilines is 3. The van der Waals surface area contributed by atoms with Crippen molar-refractivity contribution in [3.05, 3.63) is 249 Å². The standard InChI is InChI=1S/C60H41NO/c1-4-16-42(17-5-1)44-28-30-45(31-29-44)46-32-35-49(36-33-46)61(50-37-39-56-55-25-13-15-27-59(55)62-60(56)41-50)58-26-14-12-24-54(58)53-38-34-48(43-18-6-2-7-19-43)40-57(53)52-23-11-10-22-51(52)47-20-8-3-9-21-47/h1-41H. The van der Waals surface area contributed by atoms with Crippen molar-refractivity contribution in [2.75, 3.05) is 4.90 Å². The predicted molar refractivity (Wildman–Crippen MR) is 261 cm³/mol. The summed E-state index contributed by atoms with van der Waals surface area (Å²) in [7, 11) is 0. The van der Waals surface area contributed by atoms with Crippen molar-refractivity contribution in [3.8, 4) is 66.8 Å². The number of rotatable bonds is 9. The monoisotopic (exact) mass is 791 g/mol. The van der Waals surface area contributed by atoms with Gasteiger partial charge in [0.1, 0.15) is 11.2 Å². The second kappa shape index (κ2) is 16.1. The highest BCUT2D eigenvalue weighted by molar-refractivity contribution is 6.06. The van der Waals surface area contributed by atoms with E-state index in [0.29, 0.717) is 0 Å². The Morgan fingerprint density at radius 1 is 0.242 bits per heavy atom. The van der Waals surface area contributed by atoms with Gasteiger partial charge in [-0.2, -0.15) is 0 Å². The number of fused-ring (bicyclic) bond motifs is 3. The van der Waals surface area contributed by atoms with Gasteiger partial charge in [0.15, 0.2) is 0 Å². The maximum Gasteiger partial charge on any atom is 0.137 e. The van der Waals surface area contributed by atoms with Gasteiger partial charge in [0.2, 0.25) is 0 Å². The van der Waals surface area contributed by atoms with E-state index in [2.05, 4.69) is 241 Å². The van der Waals surface area contributed by atoms with Crippen molar-refractivity contribution in [1.29, 1.82) is 0 Å². The van der Waals surface area contributed by atoms with E-state index >= 15 is 0 Å². The molecule has 0 unspecified atom stereocenters. The van der Waals surface area contributed by atoms with Crippen LogP contribution >= 0.6 is 0 Å². The van der Waals surface area contributed by atoms with Crippen LogP contribution in [0.1, 0.15) is 0 Å². The van der Waals surface area contributed by atoms with Crippen molar-refractivity contribution in [1.82, 2.24) is 0 Å². The van der Waals surface area contributed by atoms with Crippen molar-refractivity contribution in [3.63, 3.8) is 0 Å². The van der Waals surface area contributed by atoms with Crippen molar-refractivity contribution in [2.24, 2.45) is 0 Å². The molecule has 10 aromatic carbocycles. The molecule has 0 amide bonds. The minimum atomic E-state index is 0.853. The van der Waals surface area contributed by atoms with Crippen LogP contribution in [0.15, 0.2) is 253 Å². The molecule has 292 valence electrons. The average molecular weight is 792 g/mol. The van der Waals surface area contributed by atoms with Gasteiger partial charge in [-0.15, -0.1) is 0 Å². The Labute approximate surface area is 362 Å². The highest BCUT2D eigenvalue weighted by atomic mass is 16.3. The lowest BCUT2D eigenvalue weighted by atomic mass is 9.86.